The fourth-order valence-corrected chi connectivity index (χ4v) is 0.653. The van der Waals surface area contributed by atoms with E-state index in [2.05, 4.69) is 4.74 Å². The maximum atomic E-state index is 10.6. The quantitative estimate of drug-likeness (QED) is 0.185. The van der Waals surface area contributed by atoms with E-state index in [1.807, 2.05) is 0 Å². The molecule has 7 nitrogen and oxygen atoms in total. The lowest BCUT2D eigenvalue weighted by Gasteiger charge is -2.28. The van der Waals surface area contributed by atoms with Crippen LogP contribution in [0.15, 0.2) is 0 Å². The number of hydrogen-bond donors (Lipinski definition) is 5. The molecule has 1 aliphatic heterocycles. The molecule has 0 aromatic rings. The third kappa shape index (κ3) is 0.828. The van der Waals surface area contributed by atoms with Gasteiger partial charge in [0.05, 0.1) is 0 Å². The summed E-state index contributed by atoms with van der Waals surface area (Å²) in [6.45, 7) is 0. The molecule has 1 fully saturated rings. The Balaban J connectivity index is 3.12. The Bertz CT molecular complexity index is 233. The molecule has 9 N–H and O–H groups in total. The van der Waals surface area contributed by atoms with Gasteiger partial charge >= 0.3 is 5.97 Å². The monoisotopic (exact) mass is 159 g/mol. The number of carbonyl (C=O) groups is 1. The van der Waals surface area contributed by atoms with Crippen molar-refractivity contribution in [2.45, 2.75) is 11.5 Å². The minimum Gasteiger partial charge on any atom is -0.422 e. The lowest BCUT2D eigenvalue weighted by molar-refractivity contribution is -0.146. The molecular formula is C4H9N5O2. The number of hydrogen-bond acceptors (Lipinski definition) is 7. The van der Waals surface area contributed by atoms with Gasteiger partial charge in [-0.3, -0.25) is 16.9 Å². The Labute approximate surface area is 62.1 Å². The second-order valence-electron chi connectivity index (χ2n) is 2.43. The van der Waals surface area contributed by atoms with Crippen molar-refractivity contribution in [3.05, 3.63) is 0 Å². The second-order valence-corrected chi connectivity index (χ2v) is 2.43. The van der Waals surface area contributed by atoms with Crippen molar-refractivity contribution in [1.82, 2.24) is 0 Å². The Morgan fingerprint density at radius 2 is 1.73 bits per heavy atom. The SMILES string of the molecule is N=C1C(=O)OC(N)(N)C1(N)N. The highest BCUT2D eigenvalue weighted by Crippen LogP contribution is 2.18. The molecule has 0 saturated carbocycles. The van der Waals surface area contributed by atoms with Gasteiger partial charge in [0.15, 0.2) is 11.4 Å². The number of cyclic esters (lactones) is 1. The van der Waals surface area contributed by atoms with E-state index < -0.39 is 23.2 Å². The van der Waals surface area contributed by atoms with Crippen LogP contribution in [-0.4, -0.2) is 23.2 Å². The van der Waals surface area contributed by atoms with E-state index in [1.54, 1.807) is 0 Å². The van der Waals surface area contributed by atoms with Crippen LogP contribution in [-0.2, 0) is 9.53 Å². The van der Waals surface area contributed by atoms with Gasteiger partial charge in [0.2, 0.25) is 0 Å². The van der Waals surface area contributed by atoms with Crippen LogP contribution in [0.4, 0.5) is 0 Å². The molecule has 62 valence electrons. The number of nitrogens with one attached hydrogen (secondary N) is 1. The molecule has 7 heteroatoms. The highest BCUT2D eigenvalue weighted by molar-refractivity contribution is 6.40. The number of ether oxygens (including phenoxy) is 1. The zero-order valence-corrected chi connectivity index (χ0v) is 5.63. The first-order chi connectivity index (χ1) is 4.79. The van der Waals surface area contributed by atoms with Crippen molar-refractivity contribution in [2.24, 2.45) is 22.9 Å². The van der Waals surface area contributed by atoms with Crippen molar-refractivity contribution < 1.29 is 9.53 Å². The fraction of sp³-hybridized carbons (Fsp3) is 0.500. The topological polar surface area (TPSA) is 154 Å². The largest absolute Gasteiger partial charge is 0.422 e. The van der Waals surface area contributed by atoms with Gasteiger partial charge in [-0.2, -0.15) is 0 Å². The van der Waals surface area contributed by atoms with Crippen molar-refractivity contribution in [3.8, 4) is 0 Å². The smallest absolute Gasteiger partial charge is 0.358 e. The summed E-state index contributed by atoms with van der Waals surface area (Å²) < 4.78 is 4.32. The van der Waals surface area contributed by atoms with Crippen molar-refractivity contribution in [2.75, 3.05) is 0 Å². The Hall–Kier alpha value is -1.02. The molecule has 11 heavy (non-hydrogen) atoms. The number of esters is 1. The maximum absolute atomic E-state index is 10.6. The summed E-state index contributed by atoms with van der Waals surface area (Å²) in [6, 6.07) is 0. The van der Waals surface area contributed by atoms with Crippen LogP contribution >= 0.6 is 0 Å². The second kappa shape index (κ2) is 1.77. The van der Waals surface area contributed by atoms with Gasteiger partial charge in [0.25, 0.3) is 5.85 Å². The van der Waals surface area contributed by atoms with E-state index in [0.29, 0.717) is 0 Å². The normalized spacial score (nSPS) is 26.9. The molecular weight excluding hydrogens is 150 g/mol. The molecule has 0 amide bonds. The molecule has 0 aromatic heterocycles. The van der Waals surface area contributed by atoms with Gasteiger partial charge in [-0.25, -0.2) is 4.79 Å². The lowest BCUT2D eigenvalue weighted by atomic mass is 10.0. The standard InChI is InChI=1S/C4H9N5O2/c5-1-2(10)11-4(8,9)3(1,6)7/h5H,6-9H2. The maximum Gasteiger partial charge on any atom is 0.358 e. The van der Waals surface area contributed by atoms with Crippen molar-refractivity contribution in [3.63, 3.8) is 0 Å². The van der Waals surface area contributed by atoms with E-state index in [4.69, 9.17) is 28.3 Å². The van der Waals surface area contributed by atoms with Gasteiger partial charge in [-0.15, -0.1) is 0 Å². The highest BCUT2D eigenvalue weighted by atomic mass is 16.6. The first-order valence-electron chi connectivity index (χ1n) is 2.77. The van der Waals surface area contributed by atoms with Crippen LogP contribution in [0.3, 0.4) is 0 Å². The third-order valence-electron chi connectivity index (χ3n) is 1.53. The predicted molar refractivity (Wildman–Crippen MR) is 36.0 cm³/mol. The first-order valence-corrected chi connectivity index (χ1v) is 2.77. The average Bonchev–Trinajstić information content (AvgIpc) is 1.93. The molecule has 1 heterocycles. The molecule has 0 aromatic carbocycles. The average molecular weight is 159 g/mol. The van der Waals surface area contributed by atoms with Crippen LogP contribution in [0, 0.1) is 5.41 Å². The molecule has 0 unspecified atom stereocenters. The summed E-state index contributed by atoms with van der Waals surface area (Å²) in [5, 5.41) is 7.03. The number of rotatable bonds is 0. The van der Waals surface area contributed by atoms with E-state index in [1.165, 1.54) is 0 Å². The zero-order valence-electron chi connectivity index (χ0n) is 5.63. The summed E-state index contributed by atoms with van der Waals surface area (Å²) >= 11 is 0. The lowest BCUT2D eigenvalue weighted by Crippen LogP contribution is -2.76. The first kappa shape index (κ1) is 8.08. The van der Waals surface area contributed by atoms with Crippen LogP contribution in [0.1, 0.15) is 0 Å². The number of nitrogens with two attached hydrogens (primary N) is 4. The highest BCUT2D eigenvalue weighted by Gasteiger charge is 2.57. The Morgan fingerprint density at radius 3 is 1.82 bits per heavy atom. The fourth-order valence-electron chi connectivity index (χ4n) is 0.653. The van der Waals surface area contributed by atoms with E-state index in [9.17, 15) is 4.79 Å². The Morgan fingerprint density at radius 1 is 1.27 bits per heavy atom. The predicted octanol–water partition coefficient (Wildman–Crippen LogP) is -3.25. The Kier molecular flexibility index (Phi) is 1.30. The summed E-state index contributed by atoms with van der Waals surface area (Å²) in [4.78, 5) is 10.6. The summed E-state index contributed by atoms with van der Waals surface area (Å²) in [6.07, 6.45) is 0. The van der Waals surface area contributed by atoms with Crippen LogP contribution in [0.25, 0.3) is 0 Å². The van der Waals surface area contributed by atoms with Gasteiger partial charge in [-0.1, -0.05) is 0 Å². The molecule has 0 bridgehead atoms. The summed E-state index contributed by atoms with van der Waals surface area (Å²) in [5.74, 6) is -2.97. The summed E-state index contributed by atoms with van der Waals surface area (Å²) in [7, 11) is 0. The third-order valence-corrected chi connectivity index (χ3v) is 1.53. The molecule has 0 spiro atoms. The molecule has 1 rings (SSSR count). The molecule has 0 radical (unpaired) electrons. The molecule has 0 atom stereocenters. The zero-order chi connectivity index (χ0) is 8.86. The minimum atomic E-state index is -1.98. The van der Waals surface area contributed by atoms with E-state index >= 15 is 0 Å². The van der Waals surface area contributed by atoms with Crippen molar-refractivity contribution >= 4 is 11.7 Å². The summed E-state index contributed by atoms with van der Waals surface area (Å²) in [5.41, 5.74) is 18.3. The molecule has 1 saturated heterocycles. The van der Waals surface area contributed by atoms with E-state index in [-0.39, 0.29) is 0 Å². The molecule has 0 aliphatic carbocycles. The van der Waals surface area contributed by atoms with E-state index in [0.717, 1.165) is 0 Å². The van der Waals surface area contributed by atoms with Crippen molar-refractivity contribution in [1.29, 1.82) is 5.41 Å². The van der Waals surface area contributed by atoms with Gasteiger partial charge < -0.3 is 16.2 Å². The van der Waals surface area contributed by atoms with Gasteiger partial charge in [-0.05, 0) is 0 Å². The van der Waals surface area contributed by atoms with Crippen LogP contribution in [0.2, 0.25) is 0 Å². The van der Waals surface area contributed by atoms with Crippen LogP contribution < -0.4 is 22.9 Å². The van der Waals surface area contributed by atoms with Gasteiger partial charge in [0, 0.05) is 0 Å². The molecule has 1 aliphatic rings. The minimum absolute atomic E-state index is 0.623. The van der Waals surface area contributed by atoms with Gasteiger partial charge in [0.1, 0.15) is 0 Å². The number of carbonyl (C=O) groups excluding carboxylic acids is 1. The van der Waals surface area contributed by atoms with Crippen LogP contribution in [0.5, 0.6) is 0 Å².